The summed E-state index contributed by atoms with van der Waals surface area (Å²) in [7, 11) is 0. The number of hydrogen-bond acceptors (Lipinski definition) is 3. The largest absolute Gasteiger partial charge is 0.404 e. The molecule has 0 bridgehead atoms. The highest BCUT2D eigenvalue weighted by molar-refractivity contribution is 5.79. The van der Waals surface area contributed by atoms with Crippen LogP contribution < -0.4 is 22.5 Å². The van der Waals surface area contributed by atoms with Gasteiger partial charge in [0.25, 0.3) is 0 Å². The van der Waals surface area contributed by atoms with Gasteiger partial charge in [0.2, 0.25) is 5.91 Å². The summed E-state index contributed by atoms with van der Waals surface area (Å²) in [5.41, 5.74) is 18.1. The molecule has 0 radical (unpaired) electrons. The summed E-state index contributed by atoms with van der Waals surface area (Å²) in [4.78, 5) is 16.3. The highest BCUT2D eigenvalue weighted by Crippen LogP contribution is 2.23. The van der Waals surface area contributed by atoms with E-state index in [1.165, 1.54) is 6.20 Å². The monoisotopic (exact) mass is 347 g/mol. The van der Waals surface area contributed by atoms with E-state index in [1.807, 2.05) is 38.2 Å². The van der Waals surface area contributed by atoms with Crippen molar-refractivity contribution in [3.63, 3.8) is 0 Å². The van der Waals surface area contributed by atoms with Gasteiger partial charge in [-0.1, -0.05) is 37.3 Å². The van der Waals surface area contributed by atoms with Gasteiger partial charge in [-0.3, -0.25) is 9.79 Å². The lowest BCUT2D eigenvalue weighted by Gasteiger charge is -2.18. The molecule has 0 rings (SSSR count). The molecule has 0 heterocycles. The number of unbranched alkanes of at least 4 members (excludes halogenated alkanes) is 1. The standard InChI is InChI=1S/C19H33N5O/c1-4-6-7-10-15(3)17(14-20)13-16(18(25)23-5-2)11-8-9-12-24-19(21)22/h4,6-7,10,14,16H,3,5,8-9,11-13,20H2,1-2H3,(H,23,25)(H4,21,22,24)/b6-4-,10-7-,17-14-. The first-order valence-corrected chi connectivity index (χ1v) is 8.68. The molecule has 0 aromatic heterocycles. The lowest BCUT2D eigenvalue weighted by molar-refractivity contribution is -0.125. The molecule has 140 valence electrons. The maximum atomic E-state index is 12.3. The lowest BCUT2D eigenvalue weighted by atomic mass is 9.90. The zero-order chi connectivity index (χ0) is 19.1. The number of hydrogen-bond donors (Lipinski definition) is 4. The fourth-order valence-corrected chi connectivity index (χ4v) is 2.32. The van der Waals surface area contributed by atoms with Crippen molar-refractivity contribution in [3.8, 4) is 0 Å². The van der Waals surface area contributed by atoms with Gasteiger partial charge < -0.3 is 22.5 Å². The molecular formula is C19H33N5O. The SMILES string of the molecule is C=C(/C=C\C=C/C)/C(=C\N)CC(CCCCN=C(N)N)C(=O)NCC. The summed E-state index contributed by atoms with van der Waals surface area (Å²) < 4.78 is 0. The molecule has 0 saturated carbocycles. The summed E-state index contributed by atoms with van der Waals surface area (Å²) in [6, 6.07) is 0. The van der Waals surface area contributed by atoms with E-state index in [0.29, 0.717) is 19.5 Å². The summed E-state index contributed by atoms with van der Waals surface area (Å²) in [6.07, 6.45) is 12.2. The summed E-state index contributed by atoms with van der Waals surface area (Å²) in [6.45, 7) is 9.07. The van der Waals surface area contributed by atoms with Crippen molar-refractivity contribution in [1.29, 1.82) is 0 Å². The Hall–Kier alpha value is -2.50. The van der Waals surface area contributed by atoms with E-state index in [1.54, 1.807) is 0 Å². The zero-order valence-electron chi connectivity index (χ0n) is 15.5. The van der Waals surface area contributed by atoms with Crippen molar-refractivity contribution in [1.82, 2.24) is 5.32 Å². The molecular weight excluding hydrogens is 314 g/mol. The first-order chi connectivity index (χ1) is 12.0. The Morgan fingerprint density at radius 3 is 2.56 bits per heavy atom. The Bertz CT molecular complexity index is 528. The molecule has 0 aliphatic rings. The third kappa shape index (κ3) is 10.8. The van der Waals surface area contributed by atoms with Crippen molar-refractivity contribution in [2.45, 2.75) is 39.5 Å². The molecule has 1 atom stereocenters. The Morgan fingerprint density at radius 1 is 1.28 bits per heavy atom. The third-order valence-corrected chi connectivity index (χ3v) is 3.66. The number of nitrogens with zero attached hydrogens (tertiary/aromatic N) is 1. The minimum absolute atomic E-state index is 0.0360. The Labute approximate surface area is 151 Å². The summed E-state index contributed by atoms with van der Waals surface area (Å²) >= 11 is 0. The van der Waals surface area contributed by atoms with Crippen LogP contribution in [0.4, 0.5) is 0 Å². The van der Waals surface area contributed by atoms with Crippen molar-refractivity contribution in [2.24, 2.45) is 28.1 Å². The van der Waals surface area contributed by atoms with E-state index in [0.717, 1.165) is 30.4 Å². The fourth-order valence-electron chi connectivity index (χ4n) is 2.32. The number of aliphatic imine (C=N–C) groups is 1. The maximum absolute atomic E-state index is 12.3. The molecule has 1 unspecified atom stereocenters. The predicted octanol–water partition coefficient (Wildman–Crippen LogP) is 2.10. The Kier molecular flexibility index (Phi) is 12.5. The number of carbonyl (C=O) groups is 1. The first kappa shape index (κ1) is 22.5. The minimum Gasteiger partial charge on any atom is -0.404 e. The van der Waals surface area contributed by atoms with Crippen molar-refractivity contribution in [2.75, 3.05) is 13.1 Å². The van der Waals surface area contributed by atoms with E-state index in [2.05, 4.69) is 16.9 Å². The van der Waals surface area contributed by atoms with Crippen LogP contribution in [0.15, 0.2) is 53.2 Å². The molecule has 0 aromatic carbocycles. The van der Waals surface area contributed by atoms with Gasteiger partial charge in [-0.25, -0.2) is 0 Å². The summed E-state index contributed by atoms with van der Waals surface area (Å²) in [5, 5.41) is 2.89. The molecule has 0 fully saturated rings. The van der Waals surface area contributed by atoms with Crippen LogP contribution in [0.5, 0.6) is 0 Å². The van der Waals surface area contributed by atoms with Gasteiger partial charge >= 0.3 is 0 Å². The Balaban J connectivity index is 4.82. The highest BCUT2D eigenvalue weighted by atomic mass is 16.1. The second-order valence-corrected chi connectivity index (χ2v) is 5.70. The van der Waals surface area contributed by atoms with Crippen molar-refractivity contribution < 1.29 is 4.79 Å². The van der Waals surface area contributed by atoms with Gasteiger partial charge in [-0.05, 0) is 50.5 Å². The molecule has 0 saturated heterocycles. The normalized spacial score (nSPS) is 13.1. The predicted molar refractivity (Wildman–Crippen MR) is 107 cm³/mol. The van der Waals surface area contributed by atoms with Crippen molar-refractivity contribution in [3.05, 3.63) is 48.2 Å². The van der Waals surface area contributed by atoms with Crippen LogP contribution in [0.1, 0.15) is 39.5 Å². The number of carbonyl (C=O) groups excluding carboxylic acids is 1. The quantitative estimate of drug-likeness (QED) is 0.187. The number of guanidine groups is 1. The minimum atomic E-state index is -0.152. The molecule has 0 aromatic rings. The second kappa shape index (κ2) is 13.9. The smallest absolute Gasteiger partial charge is 0.223 e. The second-order valence-electron chi connectivity index (χ2n) is 5.70. The van der Waals surface area contributed by atoms with Crippen LogP contribution in [0.25, 0.3) is 0 Å². The summed E-state index contributed by atoms with van der Waals surface area (Å²) in [5.74, 6) is -0.0208. The van der Waals surface area contributed by atoms with Gasteiger partial charge in [0.05, 0.1) is 0 Å². The van der Waals surface area contributed by atoms with Gasteiger partial charge in [-0.2, -0.15) is 0 Å². The van der Waals surface area contributed by atoms with Gasteiger partial charge in [0.15, 0.2) is 5.96 Å². The van der Waals surface area contributed by atoms with Crippen LogP contribution in [-0.4, -0.2) is 25.0 Å². The zero-order valence-corrected chi connectivity index (χ0v) is 15.5. The molecule has 0 aliphatic heterocycles. The number of amides is 1. The maximum Gasteiger partial charge on any atom is 0.223 e. The number of rotatable bonds is 12. The van der Waals surface area contributed by atoms with Crippen molar-refractivity contribution >= 4 is 11.9 Å². The van der Waals surface area contributed by atoms with Crippen LogP contribution in [-0.2, 0) is 4.79 Å². The highest BCUT2D eigenvalue weighted by Gasteiger charge is 2.19. The van der Waals surface area contributed by atoms with Crippen LogP contribution >= 0.6 is 0 Å². The molecule has 6 nitrogen and oxygen atoms in total. The molecule has 6 heteroatoms. The number of nitrogens with two attached hydrogens (primary N) is 3. The van der Waals surface area contributed by atoms with Gasteiger partial charge in [0, 0.05) is 19.0 Å². The van der Waals surface area contributed by atoms with Gasteiger partial charge in [-0.15, -0.1) is 0 Å². The van der Waals surface area contributed by atoms with Crippen LogP contribution in [0.2, 0.25) is 0 Å². The number of allylic oxidation sites excluding steroid dienone is 6. The Morgan fingerprint density at radius 2 is 2.00 bits per heavy atom. The molecule has 0 aliphatic carbocycles. The van der Waals surface area contributed by atoms with Crippen LogP contribution in [0.3, 0.4) is 0 Å². The van der Waals surface area contributed by atoms with E-state index < -0.39 is 0 Å². The molecule has 1 amide bonds. The first-order valence-electron chi connectivity index (χ1n) is 8.68. The van der Waals surface area contributed by atoms with Crippen LogP contribution in [0, 0.1) is 5.92 Å². The van der Waals surface area contributed by atoms with Gasteiger partial charge in [0.1, 0.15) is 0 Å². The van der Waals surface area contributed by atoms with E-state index >= 15 is 0 Å². The molecule has 0 spiro atoms. The average molecular weight is 348 g/mol. The molecule has 7 N–H and O–H groups in total. The fraction of sp³-hybridized carbons (Fsp3) is 0.474. The number of nitrogens with one attached hydrogen (secondary N) is 1. The van der Waals surface area contributed by atoms with E-state index in [9.17, 15) is 4.79 Å². The van der Waals surface area contributed by atoms with E-state index in [4.69, 9.17) is 17.2 Å². The topological polar surface area (TPSA) is 120 Å². The third-order valence-electron chi connectivity index (χ3n) is 3.66. The average Bonchev–Trinajstić information content (AvgIpc) is 2.57. The lowest BCUT2D eigenvalue weighted by Crippen LogP contribution is -2.31. The van der Waals surface area contributed by atoms with E-state index in [-0.39, 0.29) is 17.8 Å². The molecule has 25 heavy (non-hydrogen) atoms.